The first-order valence-electron chi connectivity index (χ1n) is 10.1. The molecular formula is C24H16F3N5O3. The van der Waals surface area contributed by atoms with Crippen molar-refractivity contribution in [1.29, 1.82) is 0 Å². The van der Waals surface area contributed by atoms with E-state index in [0.717, 1.165) is 18.2 Å². The van der Waals surface area contributed by atoms with Gasteiger partial charge in [-0.15, -0.1) is 10.2 Å². The third-order valence-electron chi connectivity index (χ3n) is 4.79. The number of carboxylic acid groups (broad SMARTS) is 1. The Morgan fingerprint density at radius 1 is 0.914 bits per heavy atom. The summed E-state index contributed by atoms with van der Waals surface area (Å²) >= 11 is 0. The largest absolute Gasteiger partial charge is 0.506 e. The Labute approximate surface area is 196 Å². The van der Waals surface area contributed by atoms with Gasteiger partial charge in [0.15, 0.2) is 0 Å². The second-order valence-corrected chi connectivity index (χ2v) is 7.19. The summed E-state index contributed by atoms with van der Waals surface area (Å²) in [5.74, 6) is -1.36. The Hall–Kier alpha value is -4.80. The third kappa shape index (κ3) is 5.58. The molecule has 1 aromatic heterocycles. The fourth-order valence-electron chi connectivity index (χ4n) is 3.07. The van der Waals surface area contributed by atoms with E-state index >= 15 is 0 Å². The first-order valence-corrected chi connectivity index (χ1v) is 10.1. The van der Waals surface area contributed by atoms with Gasteiger partial charge in [-0.2, -0.15) is 13.2 Å². The molecule has 176 valence electrons. The standard InChI is InChI=1S/C24H16F3N5O3/c25-24(26,27)15-6-8-16(9-7-15)29-23-28-12-11-18(30-23)17-3-1-2-4-19(17)31-32-20-10-5-14(22(34)35)13-21(20)33/h1-13,33H,(H,34,35)(H,28,29,30)/b32-31+. The van der Waals surface area contributed by atoms with Crippen LogP contribution in [0.5, 0.6) is 5.75 Å². The van der Waals surface area contributed by atoms with Gasteiger partial charge in [0, 0.05) is 17.4 Å². The maximum Gasteiger partial charge on any atom is 0.416 e. The molecule has 0 aliphatic carbocycles. The molecule has 0 spiro atoms. The monoisotopic (exact) mass is 479 g/mol. The highest BCUT2D eigenvalue weighted by Crippen LogP contribution is 2.34. The number of azo groups is 1. The van der Waals surface area contributed by atoms with Crippen molar-refractivity contribution in [3.63, 3.8) is 0 Å². The summed E-state index contributed by atoms with van der Waals surface area (Å²) in [5, 5.41) is 30.1. The Morgan fingerprint density at radius 2 is 1.63 bits per heavy atom. The Kier molecular flexibility index (Phi) is 6.40. The number of aromatic nitrogens is 2. The molecule has 0 radical (unpaired) electrons. The maximum atomic E-state index is 12.8. The van der Waals surface area contributed by atoms with Crippen LogP contribution in [-0.2, 0) is 6.18 Å². The fraction of sp³-hybridized carbons (Fsp3) is 0.0417. The number of phenolic OH excluding ortho intramolecular Hbond substituents is 1. The van der Waals surface area contributed by atoms with Crippen LogP contribution < -0.4 is 5.32 Å². The number of aromatic carboxylic acids is 1. The van der Waals surface area contributed by atoms with E-state index in [1.54, 1.807) is 30.3 Å². The molecule has 0 fully saturated rings. The van der Waals surface area contributed by atoms with E-state index in [1.807, 2.05) is 0 Å². The highest BCUT2D eigenvalue weighted by molar-refractivity contribution is 5.88. The molecule has 1 heterocycles. The van der Waals surface area contributed by atoms with Crippen LogP contribution in [0.2, 0.25) is 0 Å². The van der Waals surface area contributed by atoms with Gasteiger partial charge in [0.05, 0.1) is 22.5 Å². The zero-order chi connectivity index (χ0) is 25.0. The molecule has 0 atom stereocenters. The molecule has 4 aromatic rings. The molecule has 0 amide bonds. The lowest BCUT2D eigenvalue weighted by Crippen LogP contribution is -2.04. The first-order chi connectivity index (χ1) is 16.7. The lowest BCUT2D eigenvalue weighted by molar-refractivity contribution is -0.137. The Bertz CT molecular complexity index is 1410. The van der Waals surface area contributed by atoms with Crippen molar-refractivity contribution < 1.29 is 28.2 Å². The number of rotatable bonds is 6. The van der Waals surface area contributed by atoms with Crippen LogP contribution in [-0.4, -0.2) is 26.2 Å². The second-order valence-electron chi connectivity index (χ2n) is 7.19. The molecule has 3 aromatic carbocycles. The van der Waals surface area contributed by atoms with Crippen molar-refractivity contribution in [2.75, 3.05) is 5.32 Å². The van der Waals surface area contributed by atoms with Gasteiger partial charge in [-0.3, -0.25) is 0 Å². The van der Waals surface area contributed by atoms with Crippen LogP contribution in [0.4, 0.5) is 36.2 Å². The van der Waals surface area contributed by atoms with Gasteiger partial charge in [-0.05, 0) is 54.6 Å². The summed E-state index contributed by atoms with van der Waals surface area (Å²) in [5.41, 5.74) is 1.07. The van der Waals surface area contributed by atoms with Crippen molar-refractivity contribution in [3.05, 3.63) is 90.1 Å². The van der Waals surface area contributed by atoms with Crippen molar-refractivity contribution in [3.8, 4) is 17.0 Å². The summed E-state index contributed by atoms with van der Waals surface area (Å²) < 4.78 is 38.3. The van der Waals surface area contributed by atoms with Crippen LogP contribution in [0.1, 0.15) is 15.9 Å². The zero-order valence-corrected chi connectivity index (χ0v) is 17.7. The minimum atomic E-state index is -4.43. The topological polar surface area (TPSA) is 120 Å². The van der Waals surface area contributed by atoms with Crippen molar-refractivity contribution in [1.82, 2.24) is 9.97 Å². The minimum Gasteiger partial charge on any atom is -0.506 e. The third-order valence-corrected chi connectivity index (χ3v) is 4.79. The molecular weight excluding hydrogens is 463 g/mol. The number of anilines is 2. The van der Waals surface area contributed by atoms with Crippen LogP contribution in [0.3, 0.4) is 0 Å². The average molecular weight is 479 g/mol. The number of nitrogens with zero attached hydrogens (tertiary/aromatic N) is 4. The zero-order valence-electron chi connectivity index (χ0n) is 17.7. The van der Waals surface area contributed by atoms with Gasteiger partial charge in [0.2, 0.25) is 5.95 Å². The Balaban J connectivity index is 1.59. The molecule has 11 heteroatoms. The van der Waals surface area contributed by atoms with Crippen molar-refractivity contribution >= 4 is 29.0 Å². The highest BCUT2D eigenvalue weighted by atomic mass is 19.4. The first kappa shape index (κ1) is 23.4. The van der Waals surface area contributed by atoms with Gasteiger partial charge in [0.1, 0.15) is 11.4 Å². The van der Waals surface area contributed by atoms with Crippen LogP contribution >= 0.6 is 0 Å². The Morgan fingerprint density at radius 3 is 2.31 bits per heavy atom. The summed E-state index contributed by atoms with van der Waals surface area (Å²) in [6, 6.07) is 16.7. The van der Waals surface area contributed by atoms with Gasteiger partial charge in [-0.25, -0.2) is 14.8 Å². The number of phenols is 1. The molecule has 0 bridgehead atoms. The molecule has 0 aliphatic heterocycles. The predicted molar refractivity (Wildman–Crippen MR) is 121 cm³/mol. The lowest BCUT2D eigenvalue weighted by atomic mass is 10.1. The summed E-state index contributed by atoms with van der Waals surface area (Å²) in [7, 11) is 0. The molecule has 0 aliphatic rings. The SMILES string of the molecule is O=C(O)c1ccc(/N=N/c2ccccc2-c2ccnc(Nc3ccc(C(F)(F)F)cc3)n2)c(O)c1. The summed E-state index contributed by atoms with van der Waals surface area (Å²) in [6.45, 7) is 0. The number of nitrogens with one attached hydrogen (secondary N) is 1. The van der Waals surface area contributed by atoms with Crippen molar-refractivity contribution in [2.45, 2.75) is 6.18 Å². The normalized spacial score (nSPS) is 11.5. The number of hydrogen-bond donors (Lipinski definition) is 3. The maximum absolute atomic E-state index is 12.8. The number of aromatic hydroxyl groups is 1. The number of alkyl halides is 3. The molecule has 8 nitrogen and oxygen atoms in total. The predicted octanol–water partition coefficient (Wildman–Crippen LogP) is 6.73. The molecule has 3 N–H and O–H groups in total. The van der Waals surface area contributed by atoms with E-state index in [-0.39, 0.29) is 22.9 Å². The number of halogens is 3. The van der Waals surface area contributed by atoms with E-state index < -0.39 is 17.7 Å². The summed E-state index contributed by atoms with van der Waals surface area (Å²) in [4.78, 5) is 19.5. The number of carbonyl (C=O) groups is 1. The smallest absolute Gasteiger partial charge is 0.416 e. The average Bonchev–Trinajstić information content (AvgIpc) is 2.83. The molecule has 0 saturated heterocycles. The van der Waals surface area contributed by atoms with Crippen molar-refractivity contribution in [2.24, 2.45) is 10.2 Å². The number of benzene rings is 3. The van der Waals surface area contributed by atoms with Gasteiger partial charge in [0.25, 0.3) is 0 Å². The number of hydrogen-bond acceptors (Lipinski definition) is 7. The van der Waals surface area contributed by atoms with Crippen LogP contribution in [0, 0.1) is 0 Å². The fourth-order valence-corrected chi connectivity index (χ4v) is 3.07. The van der Waals surface area contributed by atoms with E-state index in [2.05, 4.69) is 25.5 Å². The summed E-state index contributed by atoms with van der Waals surface area (Å²) in [6.07, 6.45) is -2.94. The lowest BCUT2D eigenvalue weighted by Gasteiger charge is -2.10. The van der Waals surface area contributed by atoms with Gasteiger partial charge in [-0.1, -0.05) is 18.2 Å². The van der Waals surface area contributed by atoms with Gasteiger partial charge >= 0.3 is 12.1 Å². The van der Waals surface area contributed by atoms with E-state index in [4.69, 9.17) is 5.11 Å². The molecule has 35 heavy (non-hydrogen) atoms. The quantitative estimate of drug-likeness (QED) is 0.264. The van der Waals surface area contributed by atoms with E-state index in [0.29, 0.717) is 22.6 Å². The second kappa shape index (κ2) is 9.59. The highest BCUT2D eigenvalue weighted by Gasteiger charge is 2.29. The van der Waals surface area contributed by atoms with Gasteiger partial charge < -0.3 is 15.5 Å². The molecule has 0 saturated carbocycles. The number of carboxylic acids is 1. The minimum absolute atomic E-state index is 0.0807. The van der Waals surface area contributed by atoms with E-state index in [9.17, 15) is 23.1 Å². The van der Waals surface area contributed by atoms with Crippen LogP contribution in [0.25, 0.3) is 11.3 Å². The molecule has 0 unspecified atom stereocenters. The molecule has 4 rings (SSSR count). The van der Waals surface area contributed by atoms with Crippen LogP contribution in [0.15, 0.2) is 89.2 Å². The van der Waals surface area contributed by atoms with E-state index in [1.165, 1.54) is 30.5 Å².